The van der Waals surface area contributed by atoms with Gasteiger partial charge < -0.3 is 10.5 Å². The van der Waals surface area contributed by atoms with E-state index in [1.807, 2.05) is 20.9 Å². The first kappa shape index (κ1) is 20.8. The number of carbonyl (C=O) groups excluding carboxylic acids is 2. The highest BCUT2D eigenvalue weighted by molar-refractivity contribution is 6.08. The Hall–Kier alpha value is -1.27. The molecule has 0 spiro atoms. The first-order valence-corrected chi connectivity index (χ1v) is 8.78. The Balaban J connectivity index is 2.64. The van der Waals surface area contributed by atoms with Crippen LogP contribution in [-0.2, 0) is 9.59 Å². The summed E-state index contributed by atoms with van der Waals surface area (Å²) in [7, 11) is 1.94. The fourth-order valence-electron chi connectivity index (χ4n) is 2.90. The average molecular weight is 339 g/mol. The maximum Gasteiger partial charge on any atom is 0.246 e. The molecule has 0 aliphatic heterocycles. The molecule has 24 heavy (non-hydrogen) atoms. The van der Waals surface area contributed by atoms with Crippen LogP contribution < -0.4 is 5.32 Å². The Kier molecular flexibility index (Phi) is 7.10. The molecule has 1 rings (SSSR count). The molecule has 0 unspecified atom stereocenters. The highest BCUT2D eigenvalue weighted by Crippen LogP contribution is 2.27. The number of likely N-dealkylation sites (N-methyl/N-ethyl adjacent to an activating group) is 1. The van der Waals surface area contributed by atoms with Crippen LogP contribution in [0.2, 0.25) is 0 Å². The number of rotatable bonds is 7. The highest BCUT2D eigenvalue weighted by Gasteiger charge is 2.37. The Labute approximate surface area is 145 Å². The SMILES string of the molecule is CN(C1CCCCC1)C(C)(C)C(=O)NC(=O)CC(=N)C(C)(C)CO. The molecule has 0 aromatic rings. The zero-order valence-electron chi connectivity index (χ0n) is 15.7. The first-order chi connectivity index (χ1) is 11.0. The van der Waals surface area contributed by atoms with Crippen LogP contribution in [0.3, 0.4) is 0 Å². The molecule has 0 aromatic heterocycles. The van der Waals surface area contributed by atoms with Crippen LogP contribution in [0, 0.1) is 10.8 Å². The lowest BCUT2D eigenvalue weighted by molar-refractivity contribution is -0.137. The lowest BCUT2D eigenvalue weighted by Crippen LogP contribution is -2.58. The molecule has 1 fully saturated rings. The van der Waals surface area contributed by atoms with Crippen LogP contribution >= 0.6 is 0 Å². The monoisotopic (exact) mass is 339 g/mol. The van der Waals surface area contributed by atoms with Crippen molar-refractivity contribution in [2.24, 2.45) is 5.41 Å². The number of nitrogens with one attached hydrogen (secondary N) is 2. The zero-order valence-corrected chi connectivity index (χ0v) is 15.7. The number of aliphatic hydroxyl groups excluding tert-OH is 1. The molecule has 0 atom stereocenters. The summed E-state index contributed by atoms with van der Waals surface area (Å²) in [6.45, 7) is 6.85. The van der Waals surface area contributed by atoms with Crippen LogP contribution in [0.4, 0.5) is 0 Å². The summed E-state index contributed by atoms with van der Waals surface area (Å²) in [6, 6.07) is 0.362. The second-order valence-corrected chi connectivity index (χ2v) is 8.04. The van der Waals surface area contributed by atoms with E-state index in [1.165, 1.54) is 19.3 Å². The normalized spacial score (nSPS) is 17.0. The van der Waals surface area contributed by atoms with E-state index in [1.54, 1.807) is 13.8 Å². The summed E-state index contributed by atoms with van der Waals surface area (Å²) in [5.41, 5.74) is -1.42. The van der Waals surface area contributed by atoms with Gasteiger partial charge in [-0.15, -0.1) is 0 Å². The van der Waals surface area contributed by atoms with E-state index in [2.05, 4.69) is 10.2 Å². The van der Waals surface area contributed by atoms with Crippen LogP contribution in [-0.4, -0.2) is 52.8 Å². The molecule has 3 N–H and O–H groups in total. The van der Waals surface area contributed by atoms with Gasteiger partial charge in [-0.2, -0.15) is 0 Å². The molecule has 6 heteroatoms. The summed E-state index contributed by atoms with van der Waals surface area (Å²) in [6.07, 6.45) is 5.59. The maximum atomic E-state index is 12.6. The van der Waals surface area contributed by atoms with Crippen LogP contribution in [0.15, 0.2) is 0 Å². The number of hydrogen-bond donors (Lipinski definition) is 3. The van der Waals surface area contributed by atoms with Crippen LogP contribution in [0.1, 0.15) is 66.2 Å². The van der Waals surface area contributed by atoms with Gasteiger partial charge in [-0.3, -0.25) is 19.8 Å². The van der Waals surface area contributed by atoms with Gasteiger partial charge in [0, 0.05) is 17.2 Å². The van der Waals surface area contributed by atoms with Gasteiger partial charge in [0.2, 0.25) is 11.8 Å². The van der Waals surface area contributed by atoms with Crippen molar-refractivity contribution >= 4 is 17.5 Å². The van der Waals surface area contributed by atoms with Gasteiger partial charge in [-0.05, 0) is 33.7 Å². The standard InChI is InChI=1S/C18H33N3O3/c1-17(2,12-22)14(19)11-15(23)20-16(24)18(3,4)21(5)13-9-7-6-8-10-13/h13,19,22H,6-12H2,1-5H3,(H,20,23,24). The molecule has 1 saturated carbocycles. The second-order valence-electron chi connectivity index (χ2n) is 8.04. The first-order valence-electron chi connectivity index (χ1n) is 8.78. The minimum absolute atomic E-state index is 0.119. The van der Waals surface area contributed by atoms with Crippen molar-refractivity contribution in [1.29, 1.82) is 5.41 Å². The van der Waals surface area contributed by atoms with Crippen molar-refractivity contribution in [3.63, 3.8) is 0 Å². The van der Waals surface area contributed by atoms with Crippen molar-refractivity contribution < 1.29 is 14.7 Å². The molecule has 6 nitrogen and oxygen atoms in total. The quantitative estimate of drug-likeness (QED) is 0.619. The van der Waals surface area contributed by atoms with Gasteiger partial charge in [0.15, 0.2) is 0 Å². The number of aliphatic hydroxyl groups is 1. The van der Waals surface area contributed by atoms with E-state index < -0.39 is 16.9 Å². The number of hydrogen-bond acceptors (Lipinski definition) is 5. The molecule has 1 aliphatic carbocycles. The van der Waals surface area contributed by atoms with Gasteiger partial charge in [0.1, 0.15) is 0 Å². The summed E-state index contributed by atoms with van der Waals surface area (Å²) in [5.74, 6) is -0.827. The third-order valence-electron chi connectivity index (χ3n) is 5.36. The van der Waals surface area contributed by atoms with Gasteiger partial charge >= 0.3 is 0 Å². The van der Waals surface area contributed by atoms with Gasteiger partial charge in [0.05, 0.1) is 18.6 Å². The van der Waals surface area contributed by atoms with Crippen molar-refractivity contribution in [1.82, 2.24) is 10.2 Å². The van der Waals surface area contributed by atoms with E-state index in [9.17, 15) is 14.7 Å². The number of nitrogens with zero attached hydrogens (tertiary/aromatic N) is 1. The lowest BCUT2D eigenvalue weighted by Gasteiger charge is -2.41. The van der Waals surface area contributed by atoms with Gasteiger partial charge in [-0.25, -0.2) is 0 Å². The minimum atomic E-state index is -0.785. The molecule has 0 heterocycles. The number of carbonyl (C=O) groups is 2. The topological polar surface area (TPSA) is 93.5 Å². The fraction of sp³-hybridized carbons (Fsp3) is 0.833. The number of amides is 2. The van der Waals surface area contributed by atoms with Crippen molar-refractivity contribution in [3.8, 4) is 0 Å². The fourth-order valence-corrected chi connectivity index (χ4v) is 2.90. The van der Waals surface area contributed by atoms with E-state index in [0.29, 0.717) is 6.04 Å². The Bertz CT molecular complexity index is 480. The molecular weight excluding hydrogens is 306 g/mol. The summed E-state index contributed by atoms with van der Waals surface area (Å²) in [4.78, 5) is 26.7. The predicted octanol–water partition coefficient (Wildman–Crippen LogP) is 2.10. The predicted molar refractivity (Wildman–Crippen MR) is 95.1 cm³/mol. The van der Waals surface area contributed by atoms with Gasteiger partial charge in [0.25, 0.3) is 0 Å². The van der Waals surface area contributed by atoms with E-state index in [-0.39, 0.29) is 24.6 Å². The highest BCUT2D eigenvalue weighted by atomic mass is 16.3. The summed E-state index contributed by atoms with van der Waals surface area (Å²) in [5, 5.41) is 19.6. The molecule has 0 bridgehead atoms. The molecule has 2 amide bonds. The molecule has 0 radical (unpaired) electrons. The third-order valence-corrected chi connectivity index (χ3v) is 5.36. The van der Waals surface area contributed by atoms with Crippen molar-refractivity contribution in [2.45, 2.75) is 77.8 Å². The largest absolute Gasteiger partial charge is 0.395 e. The van der Waals surface area contributed by atoms with Crippen molar-refractivity contribution in [3.05, 3.63) is 0 Å². The van der Waals surface area contributed by atoms with Crippen LogP contribution in [0.25, 0.3) is 0 Å². The summed E-state index contributed by atoms with van der Waals surface area (Å²) < 4.78 is 0. The summed E-state index contributed by atoms with van der Waals surface area (Å²) >= 11 is 0. The number of imide groups is 1. The minimum Gasteiger partial charge on any atom is -0.395 e. The van der Waals surface area contributed by atoms with E-state index in [4.69, 9.17) is 5.41 Å². The lowest BCUT2D eigenvalue weighted by atomic mass is 9.86. The third kappa shape index (κ3) is 5.11. The van der Waals surface area contributed by atoms with E-state index >= 15 is 0 Å². The Morgan fingerprint density at radius 1 is 1.17 bits per heavy atom. The Morgan fingerprint density at radius 3 is 2.21 bits per heavy atom. The zero-order chi connectivity index (χ0) is 18.5. The van der Waals surface area contributed by atoms with Crippen LogP contribution in [0.5, 0.6) is 0 Å². The molecule has 0 saturated heterocycles. The van der Waals surface area contributed by atoms with Gasteiger partial charge in [-0.1, -0.05) is 33.1 Å². The Morgan fingerprint density at radius 2 is 1.71 bits per heavy atom. The molecule has 138 valence electrons. The smallest absolute Gasteiger partial charge is 0.246 e. The molecule has 1 aliphatic rings. The second kappa shape index (κ2) is 8.21. The average Bonchev–Trinajstić information content (AvgIpc) is 2.54. The molecule has 0 aromatic carbocycles. The molecular formula is C18H33N3O3. The van der Waals surface area contributed by atoms with E-state index in [0.717, 1.165) is 12.8 Å². The maximum absolute atomic E-state index is 12.6. The van der Waals surface area contributed by atoms with Crippen molar-refractivity contribution in [2.75, 3.05) is 13.7 Å².